The first-order valence-electron chi connectivity index (χ1n) is 7.88. The second kappa shape index (κ2) is 5.73. The second-order valence-corrected chi connectivity index (χ2v) is 7.04. The van der Waals surface area contributed by atoms with Crippen LogP contribution in [0.25, 0.3) is 0 Å². The monoisotopic (exact) mass is 237 g/mol. The molecule has 1 atom stereocenters. The highest BCUT2D eigenvalue weighted by Gasteiger charge is 2.36. The normalized spacial score (nSPS) is 25.4. The summed E-state index contributed by atoms with van der Waals surface area (Å²) in [6.07, 6.45) is 11.6. The van der Waals surface area contributed by atoms with Crippen LogP contribution in [0.2, 0.25) is 0 Å². The summed E-state index contributed by atoms with van der Waals surface area (Å²) in [5.74, 6) is 1.87. The zero-order valence-electron chi connectivity index (χ0n) is 12.1. The lowest BCUT2D eigenvalue weighted by atomic mass is 9.78. The molecular formula is C16H31N. The molecule has 0 aromatic carbocycles. The Balaban J connectivity index is 1.84. The topological polar surface area (TPSA) is 12.0 Å². The van der Waals surface area contributed by atoms with Crippen LogP contribution in [0.3, 0.4) is 0 Å². The Morgan fingerprint density at radius 3 is 2.29 bits per heavy atom. The molecule has 1 nitrogen and oxygen atoms in total. The van der Waals surface area contributed by atoms with Crippen LogP contribution in [0, 0.1) is 17.3 Å². The van der Waals surface area contributed by atoms with E-state index in [1.54, 1.807) is 0 Å². The molecule has 1 unspecified atom stereocenters. The number of nitrogens with one attached hydrogen (secondary N) is 1. The van der Waals surface area contributed by atoms with Crippen molar-refractivity contribution >= 4 is 0 Å². The highest BCUT2D eigenvalue weighted by Crippen LogP contribution is 2.43. The van der Waals surface area contributed by atoms with Gasteiger partial charge in [-0.3, -0.25) is 0 Å². The fourth-order valence-corrected chi connectivity index (χ4v) is 3.93. The van der Waals surface area contributed by atoms with Crippen molar-refractivity contribution in [2.45, 2.75) is 78.2 Å². The Morgan fingerprint density at radius 1 is 1.18 bits per heavy atom. The summed E-state index contributed by atoms with van der Waals surface area (Å²) in [4.78, 5) is 0. The summed E-state index contributed by atoms with van der Waals surface area (Å²) in [5.41, 5.74) is 0.649. The van der Waals surface area contributed by atoms with Crippen LogP contribution in [0.5, 0.6) is 0 Å². The third kappa shape index (κ3) is 3.71. The lowest BCUT2D eigenvalue weighted by molar-refractivity contribution is 0.210. The van der Waals surface area contributed by atoms with Crippen molar-refractivity contribution in [1.82, 2.24) is 5.32 Å². The first-order chi connectivity index (χ1) is 8.15. The van der Waals surface area contributed by atoms with Crippen molar-refractivity contribution < 1.29 is 0 Å². The van der Waals surface area contributed by atoms with E-state index in [1.807, 2.05) is 0 Å². The van der Waals surface area contributed by atoms with Gasteiger partial charge < -0.3 is 5.32 Å². The molecule has 0 saturated heterocycles. The van der Waals surface area contributed by atoms with Gasteiger partial charge >= 0.3 is 0 Å². The van der Waals surface area contributed by atoms with E-state index in [-0.39, 0.29) is 0 Å². The summed E-state index contributed by atoms with van der Waals surface area (Å²) in [6, 6.07) is 0.819. The van der Waals surface area contributed by atoms with Gasteiger partial charge in [0.2, 0.25) is 0 Å². The van der Waals surface area contributed by atoms with E-state index < -0.39 is 0 Å². The smallest absolute Gasteiger partial charge is 0.00929 e. The fourth-order valence-electron chi connectivity index (χ4n) is 3.93. The van der Waals surface area contributed by atoms with Gasteiger partial charge in [0, 0.05) is 12.6 Å². The maximum Gasteiger partial charge on any atom is 0.00929 e. The van der Waals surface area contributed by atoms with E-state index in [1.165, 1.54) is 57.9 Å². The summed E-state index contributed by atoms with van der Waals surface area (Å²) in [6.45, 7) is 8.41. The van der Waals surface area contributed by atoms with Gasteiger partial charge in [0.1, 0.15) is 0 Å². The molecule has 0 spiro atoms. The van der Waals surface area contributed by atoms with Crippen LogP contribution in [0.1, 0.15) is 72.1 Å². The van der Waals surface area contributed by atoms with Crippen molar-refractivity contribution in [1.29, 1.82) is 0 Å². The predicted octanol–water partition coefficient (Wildman–Crippen LogP) is 4.37. The average molecular weight is 237 g/mol. The minimum atomic E-state index is 0.649. The first kappa shape index (κ1) is 13.4. The van der Waals surface area contributed by atoms with Gasteiger partial charge in [0.15, 0.2) is 0 Å². The van der Waals surface area contributed by atoms with Gasteiger partial charge in [-0.05, 0) is 55.8 Å². The van der Waals surface area contributed by atoms with Crippen molar-refractivity contribution in [3.05, 3.63) is 0 Å². The largest absolute Gasteiger partial charge is 0.313 e. The highest BCUT2D eigenvalue weighted by atomic mass is 14.9. The Bertz CT molecular complexity index is 224. The van der Waals surface area contributed by atoms with Crippen LogP contribution in [0.15, 0.2) is 0 Å². The molecule has 2 saturated carbocycles. The van der Waals surface area contributed by atoms with Crippen molar-refractivity contribution in [2.24, 2.45) is 17.3 Å². The molecule has 2 aliphatic carbocycles. The molecule has 0 aromatic rings. The SMILES string of the molecule is CCC(NCC1(CC(C)C)CCCC1)C1CC1. The molecule has 0 aromatic heterocycles. The highest BCUT2D eigenvalue weighted by molar-refractivity contribution is 4.91. The zero-order chi connectivity index (χ0) is 12.3. The standard InChI is InChI=1S/C16H31N/c1-4-15(14-7-8-14)17-12-16(11-13(2)3)9-5-6-10-16/h13-15,17H,4-12H2,1-3H3. The molecular weight excluding hydrogens is 206 g/mol. The maximum atomic E-state index is 3.92. The lowest BCUT2D eigenvalue weighted by Gasteiger charge is -2.33. The molecule has 100 valence electrons. The van der Waals surface area contributed by atoms with E-state index >= 15 is 0 Å². The molecule has 0 bridgehead atoms. The van der Waals surface area contributed by atoms with Crippen LogP contribution in [0.4, 0.5) is 0 Å². The van der Waals surface area contributed by atoms with Gasteiger partial charge in [-0.25, -0.2) is 0 Å². The van der Waals surface area contributed by atoms with Gasteiger partial charge in [-0.15, -0.1) is 0 Å². The summed E-state index contributed by atoms with van der Waals surface area (Å²) in [5, 5.41) is 3.92. The van der Waals surface area contributed by atoms with Gasteiger partial charge in [0.05, 0.1) is 0 Å². The molecule has 1 heteroatoms. The van der Waals surface area contributed by atoms with Crippen molar-refractivity contribution in [2.75, 3.05) is 6.54 Å². The second-order valence-electron chi connectivity index (χ2n) is 7.04. The van der Waals surface area contributed by atoms with E-state index in [0.29, 0.717) is 5.41 Å². The van der Waals surface area contributed by atoms with Gasteiger partial charge in [0.25, 0.3) is 0 Å². The Labute approximate surface area is 108 Å². The average Bonchev–Trinajstić information content (AvgIpc) is 3.01. The number of hydrogen-bond donors (Lipinski definition) is 1. The molecule has 0 aliphatic heterocycles. The van der Waals surface area contributed by atoms with E-state index in [0.717, 1.165) is 17.9 Å². The Morgan fingerprint density at radius 2 is 1.82 bits per heavy atom. The Kier molecular flexibility index (Phi) is 4.52. The first-order valence-corrected chi connectivity index (χ1v) is 7.88. The van der Waals surface area contributed by atoms with Crippen LogP contribution in [-0.4, -0.2) is 12.6 Å². The van der Waals surface area contributed by atoms with Crippen LogP contribution in [-0.2, 0) is 0 Å². The molecule has 17 heavy (non-hydrogen) atoms. The minimum absolute atomic E-state index is 0.649. The van der Waals surface area contributed by atoms with Crippen LogP contribution < -0.4 is 5.32 Å². The lowest BCUT2D eigenvalue weighted by Crippen LogP contribution is -2.40. The number of hydrogen-bond acceptors (Lipinski definition) is 1. The van der Waals surface area contributed by atoms with Crippen molar-refractivity contribution in [3.63, 3.8) is 0 Å². The quantitative estimate of drug-likeness (QED) is 0.693. The zero-order valence-corrected chi connectivity index (χ0v) is 12.1. The predicted molar refractivity (Wildman–Crippen MR) is 75.2 cm³/mol. The van der Waals surface area contributed by atoms with Gasteiger partial charge in [-0.1, -0.05) is 33.6 Å². The molecule has 1 N–H and O–H groups in total. The number of rotatable bonds is 7. The fraction of sp³-hybridized carbons (Fsp3) is 1.00. The molecule has 0 heterocycles. The summed E-state index contributed by atoms with van der Waals surface area (Å²) < 4.78 is 0. The van der Waals surface area contributed by atoms with E-state index in [2.05, 4.69) is 26.1 Å². The Hall–Kier alpha value is -0.0400. The maximum absolute atomic E-state index is 3.92. The third-order valence-electron chi connectivity index (χ3n) is 4.88. The van der Waals surface area contributed by atoms with Crippen LogP contribution >= 0.6 is 0 Å². The van der Waals surface area contributed by atoms with Crippen molar-refractivity contribution in [3.8, 4) is 0 Å². The molecule has 2 aliphatic rings. The molecule has 0 amide bonds. The third-order valence-corrected chi connectivity index (χ3v) is 4.88. The van der Waals surface area contributed by atoms with E-state index in [4.69, 9.17) is 0 Å². The van der Waals surface area contributed by atoms with Gasteiger partial charge in [-0.2, -0.15) is 0 Å². The summed E-state index contributed by atoms with van der Waals surface area (Å²) in [7, 11) is 0. The summed E-state index contributed by atoms with van der Waals surface area (Å²) >= 11 is 0. The molecule has 0 radical (unpaired) electrons. The minimum Gasteiger partial charge on any atom is -0.313 e. The molecule has 2 rings (SSSR count). The van der Waals surface area contributed by atoms with E-state index in [9.17, 15) is 0 Å². The molecule has 2 fully saturated rings.